The highest BCUT2D eigenvalue weighted by Gasteiger charge is 2.37. The van der Waals surface area contributed by atoms with E-state index in [1.54, 1.807) is 0 Å². The minimum absolute atomic E-state index is 0.441. The first-order valence-electron chi connectivity index (χ1n) is 7.48. The molecule has 0 aromatic carbocycles. The molecule has 1 fully saturated rings. The number of carboxylic acids is 1. The standard InChI is InChI=1S/C15H29NO2S/c1-11(2)12(3)19-10-6-5-9-15(4,14(17)18)16-13-7-8-13/h11-13,16H,5-10H2,1-4H3,(H,17,18). The summed E-state index contributed by atoms with van der Waals surface area (Å²) in [6, 6.07) is 0.441. The van der Waals surface area contributed by atoms with Crippen molar-refractivity contribution in [3.8, 4) is 0 Å². The molecule has 0 spiro atoms. The first-order valence-corrected chi connectivity index (χ1v) is 8.52. The van der Waals surface area contributed by atoms with Crippen molar-refractivity contribution in [3.63, 3.8) is 0 Å². The summed E-state index contributed by atoms with van der Waals surface area (Å²) < 4.78 is 0. The molecule has 0 amide bonds. The van der Waals surface area contributed by atoms with Gasteiger partial charge in [0, 0.05) is 11.3 Å². The van der Waals surface area contributed by atoms with Gasteiger partial charge in [-0.2, -0.15) is 11.8 Å². The molecule has 19 heavy (non-hydrogen) atoms. The van der Waals surface area contributed by atoms with Gasteiger partial charge in [0.1, 0.15) is 5.54 Å². The van der Waals surface area contributed by atoms with Crippen LogP contribution in [0.15, 0.2) is 0 Å². The van der Waals surface area contributed by atoms with Gasteiger partial charge in [0.05, 0.1) is 0 Å². The highest BCUT2D eigenvalue weighted by Crippen LogP contribution is 2.26. The van der Waals surface area contributed by atoms with Gasteiger partial charge in [-0.1, -0.05) is 27.2 Å². The molecule has 4 heteroatoms. The quantitative estimate of drug-likeness (QED) is 0.604. The smallest absolute Gasteiger partial charge is 0.323 e. The van der Waals surface area contributed by atoms with Gasteiger partial charge in [-0.3, -0.25) is 10.1 Å². The number of nitrogens with one attached hydrogen (secondary N) is 1. The van der Waals surface area contributed by atoms with Crippen LogP contribution in [0.2, 0.25) is 0 Å². The number of carbonyl (C=O) groups is 1. The average molecular weight is 287 g/mol. The predicted octanol–water partition coefficient (Wildman–Crippen LogP) is 3.53. The molecule has 1 aliphatic rings. The van der Waals surface area contributed by atoms with Crippen LogP contribution in [0.4, 0.5) is 0 Å². The summed E-state index contributed by atoms with van der Waals surface area (Å²) in [5.41, 5.74) is -0.727. The number of carboxylic acid groups (broad SMARTS) is 1. The van der Waals surface area contributed by atoms with E-state index < -0.39 is 11.5 Å². The largest absolute Gasteiger partial charge is 0.480 e. The summed E-state index contributed by atoms with van der Waals surface area (Å²) in [6.45, 7) is 8.60. The van der Waals surface area contributed by atoms with Gasteiger partial charge in [-0.15, -0.1) is 0 Å². The fourth-order valence-corrected chi connectivity index (χ4v) is 3.09. The van der Waals surface area contributed by atoms with Crippen molar-refractivity contribution >= 4 is 17.7 Å². The molecule has 0 heterocycles. The molecule has 1 rings (SSSR count). The van der Waals surface area contributed by atoms with Crippen LogP contribution in [0.5, 0.6) is 0 Å². The van der Waals surface area contributed by atoms with Gasteiger partial charge in [0.2, 0.25) is 0 Å². The van der Waals surface area contributed by atoms with Crippen molar-refractivity contribution in [3.05, 3.63) is 0 Å². The topological polar surface area (TPSA) is 49.3 Å². The number of unbranched alkanes of at least 4 members (excludes halogenated alkanes) is 1. The Hall–Kier alpha value is -0.220. The zero-order valence-electron chi connectivity index (χ0n) is 12.7. The Morgan fingerprint density at radius 2 is 2.00 bits per heavy atom. The van der Waals surface area contributed by atoms with Crippen molar-refractivity contribution in [2.24, 2.45) is 5.92 Å². The Morgan fingerprint density at radius 3 is 2.47 bits per heavy atom. The number of hydrogen-bond donors (Lipinski definition) is 2. The normalized spacial score (nSPS) is 20.3. The zero-order chi connectivity index (χ0) is 14.5. The van der Waals surface area contributed by atoms with E-state index >= 15 is 0 Å². The van der Waals surface area contributed by atoms with E-state index in [2.05, 4.69) is 26.1 Å². The summed E-state index contributed by atoms with van der Waals surface area (Å²) in [5, 5.41) is 13.3. The average Bonchev–Trinajstić information content (AvgIpc) is 3.11. The van der Waals surface area contributed by atoms with Crippen LogP contribution in [-0.2, 0) is 4.79 Å². The van der Waals surface area contributed by atoms with E-state index in [-0.39, 0.29) is 0 Å². The highest BCUT2D eigenvalue weighted by atomic mass is 32.2. The molecule has 0 saturated heterocycles. The molecule has 1 aliphatic carbocycles. The molecule has 0 aromatic heterocycles. The Morgan fingerprint density at radius 1 is 1.37 bits per heavy atom. The summed E-state index contributed by atoms with van der Waals surface area (Å²) >= 11 is 2.00. The highest BCUT2D eigenvalue weighted by molar-refractivity contribution is 7.99. The molecule has 2 N–H and O–H groups in total. The zero-order valence-corrected chi connectivity index (χ0v) is 13.6. The summed E-state index contributed by atoms with van der Waals surface area (Å²) in [7, 11) is 0. The summed E-state index contributed by atoms with van der Waals surface area (Å²) in [6.07, 6.45) is 5.09. The first kappa shape index (κ1) is 16.8. The molecule has 0 aromatic rings. The van der Waals surface area contributed by atoms with Gasteiger partial charge in [-0.05, 0) is 44.3 Å². The second-order valence-corrected chi connectivity index (χ2v) is 7.82. The van der Waals surface area contributed by atoms with Crippen molar-refractivity contribution in [1.82, 2.24) is 5.32 Å². The van der Waals surface area contributed by atoms with E-state index in [0.717, 1.165) is 37.9 Å². The minimum atomic E-state index is -0.727. The van der Waals surface area contributed by atoms with Crippen LogP contribution in [0.1, 0.15) is 59.8 Å². The van der Waals surface area contributed by atoms with Crippen molar-refractivity contribution in [2.75, 3.05) is 5.75 Å². The van der Waals surface area contributed by atoms with E-state index in [9.17, 15) is 9.90 Å². The van der Waals surface area contributed by atoms with Crippen LogP contribution in [-0.4, -0.2) is 33.7 Å². The lowest BCUT2D eigenvalue weighted by atomic mass is 9.95. The molecular formula is C15H29NO2S. The van der Waals surface area contributed by atoms with Gasteiger partial charge >= 0.3 is 5.97 Å². The first-order chi connectivity index (χ1) is 8.85. The van der Waals surface area contributed by atoms with Crippen LogP contribution in [0, 0.1) is 5.92 Å². The van der Waals surface area contributed by atoms with Crippen molar-refractivity contribution in [1.29, 1.82) is 0 Å². The number of rotatable bonds is 10. The maximum atomic E-state index is 11.4. The fourth-order valence-electron chi connectivity index (χ4n) is 1.96. The van der Waals surface area contributed by atoms with Crippen molar-refractivity contribution < 1.29 is 9.90 Å². The lowest BCUT2D eigenvalue weighted by Gasteiger charge is -2.26. The molecule has 0 bridgehead atoms. The Kier molecular flexibility index (Phi) is 6.67. The third-order valence-electron chi connectivity index (χ3n) is 3.96. The van der Waals surface area contributed by atoms with E-state index in [1.807, 2.05) is 18.7 Å². The molecule has 2 atom stereocenters. The van der Waals surface area contributed by atoms with E-state index in [4.69, 9.17) is 0 Å². The van der Waals surface area contributed by atoms with Gasteiger partial charge in [0.15, 0.2) is 0 Å². The third kappa shape index (κ3) is 6.17. The monoisotopic (exact) mass is 287 g/mol. The van der Waals surface area contributed by atoms with Crippen LogP contribution >= 0.6 is 11.8 Å². The SMILES string of the molecule is CC(C)C(C)SCCCCC(C)(NC1CC1)C(=O)O. The van der Waals surface area contributed by atoms with Crippen LogP contribution in [0.25, 0.3) is 0 Å². The van der Waals surface area contributed by atoms with Gasteiger partial charge < -0.3 is 5.11 Å². The summed E-state index contributed by atoms with van der Waals surface area (Å²) in [4.78, 5) is 11.4. The Labute approximate surface area is 121 Å². The molecule has 112 valence electrons. The summed E-state index contributed by atoms with van der Waals surface area (Å²) in [5.74, 6) is 1.15. The second-order valence-electron chi connectivity index (χ2n) is 6.33. The van der Waals surface area contributed by atoms with Crippen LogP contribution in [0.3, 0.4) is 0 Å². The molecule has 2 unspecified atom stereocenters. The predicted molar refractivity (Wildman–Crippen MR) is 82.8 cm³/mol. The van der Waals surface area contributed by atoms with Gasteiger partial charge in [0.25, 0.3) is 0 Å². The van der Waals surface area contributed by atoms with E-state index in [0.29, 0.717) is 17.2 Å². The molecular weight excluding hydrogens is 258 g/mol. The second kappa shape index (κ2) is 7.53. The number of aliphatic carboxylic acids is 1. The fraction of sp³-hybridized carbons (Fsp3) is 0.933. The third-order valence-corrected chi connectivity index (χ3v) is 5.56. The number of thioether (sulfide) groups is 1. The van der Waals surface area contributed by atoms with Gasteiger partial charge in [-0.25, -0.2) is 0 Å². The van der Waals surface area contributed by atoms with E-state index in [1.165, 1.54) is 0 Å². The Balaban J connectivity index is 2.19. The van der Waals surface area contributed by atoms with Crippen molar-refractivity contribution in [2.45, 2.75) is 76.6 Å². The number of hydrogen-bond acceptors (Lipinski definition) is 3. The minimum Gasteiger partial charge on any atom is -0.480 e. The van der Waals surface area contributed by atoms with Crippen LogP contribution < -0.4 is 5.32 Å². The Bertz CT molecular complexity index is 292. The molecule has 1 saturated carbocycles. The molecule has 0 radical (unpaired) electrons. The lowest BCUT2D eigenvalue weighted by molar-refractivity contribution is -0.144. The maximum absolute atomic E-state index is 11.4. The molecule has 3 nitrogen and oxygen atoms in total. The maximum Gasteiger partial charge on any atom is 0.323 e. The molecule has 0 aliphatic heterocycles. The lowest BCUT2D eigenvalue weighted by Crippen LogP contribution is -2.50.